The fourth-order valence-corrected chi connectivity index (χ4v) is 3.29. The Hall–Kier alpha value is -4.20. The van der Waals surface area contributed by atoms with Crippen molar-refractivity contribution in [3.05, 3.63) is 71.4 Å². The molecule has 0 fully saturated rings. The van der Waals surface area contributed by atoms with Crippen LogP contribution in [0.1, 0.15) is 23.7 Å². The summed E-state index contributed by atoms with van der Waals surface area (Å²) in [4.78, 5) is 11.8. The van der Waals surface area contributed by atoms with Crippen molar-refractivity contribution in [1.29, 1.82) is 0 Å². The van der Waals surface area contributed by atoms with Gasteiger partial charge in [-0.05, 0) is 42.8 Å². The van der Waals surface area contributed by atoms with Gasteiger partial charge in [0.1, 0.15) is 5.69 Å². The zero-order valence-electron chi connectivity index (χ0n) is 18.9. The first-order chi connectivity index (χ1) is 17.3. The van der Waals surface area contributed by atoms with Crippen LogP contribution in [0.25, 0.3) is 28.7 Å². The van der Waals surface area contributed by atoms with Crippen LogP contribution in [-0.4, -0.2) is 31.9 Å². The molecule has 0 radical (unpaired) electrons. The summed E-state index contributed by atoms with van der Waals surface area (Å²) in [6.45, 7) is 1.55. The van der Waals surface area contributed by atoms with Crippen molar-refractivity contribution in [2.45, 2.75) is 31.9 Å². The van der Waals surface area contributed by atoms with Crippen LogP contribution < -0.4 is 11.1 Å². The molecule has 37 heavy (non-hydrogen) atoms. The third kappa shape index (κ3) is 5.80. The lowest BCUT2D eigenvalue weighted by Crippen LogP contribution is -2.37. The van der Waals surface area contributed by atoms with Crippen molar-refractivity contribution in [3.63, 3.8) is 0 Å². The Balaban J connectivity index is 1.73. The van der Waals surface area contributed by atoms with Gasteiger partial charge in [0.2, 0.25) is 11.8 Å². The average Bonchev–Trinajstić information content (AvgIpc) is 3.50. The van der Waals surface area contributed by atoms with E-state index in [1.165, 1.54) is 25.1 Å². The van der Waals surface area contributed by atoms with Gasteiger partial charge in [0.25, 0.3) is 5.89 Å². The highest BCUT2D eigenvalue weighted by Gasteiger charge is 2.36. The maximum Gasteiger partial charge on any atom is 0.435 e. The standard InChI is InChI=1S/C23H18F6N6O2/c1-12(30)19(36)31-11-13-4-2-7-16(8-13)35-17(10-18(34-35)23(27,28)29)21-33-32-20(37-21)14-5-3-6-15(9-14)22(24,25)26/h2-10,12H,11,30H2,1H3,(H,31,36)/t12-/m0/s1. The van der Waals surface area contributed by atoms with Crippen molar-refractivity contribution < 1.29 is 35.6 Å². The van der Waals surface area contributed by atoms with Crippen LogP contribution in [0.15, 0.2) is 59.0 Å². The zero-order chi connectivity index (χ0) is 27.0. The lowest BCUT2D eigenvalue weighted by molar-refractivity contribution is -0.141. The molecule has 4 rings (SSSR count). The van der Waals surface area contributed by atoms with E-state index in [2.05, 4.69) is 20.6 Å². The summed E-state index contributed by atoms with van der Waals surface area (Å²) >= 11 is 0. The molecule has 0 aliphatic carbocycles. The minimum absolute atomic E-state index is 0.0528. The summed E-state index contributed by atoms with van der Waals surface area (Å²) in [6, 6.07) is 10.2. The summed E-state index contributed by atoms with van der Waals surface area (Å²) < 4.78 is 86.1. The number of carbonyl (C=O) groups excluding carboxylic acids is 1. The van der Waals surface area contributed by atoms with Crippen molar-refractivity contribution in [1.82, 2.24) is 25.3 Å². The maximum atomic E-state index is 13.5. The Morgan fingerprint density at radius 2 is 1.70 bits per heavy atom. The summed E-state index contributed by atoms with van der Waals surface area (Å²) in [5, 5.41) is 13.7. The Labute approximate surface area is 205 Å². The van der Waals surface area contributed by atoms with Gasteiger partial charge in [0, 0.05) is 18.2 Å². The molecular formula is C23H18F6N6O2. The van der Waals surface area contributed by atoms with Gasteiger partial charge in [-0.15, -0.1) is 10.2 Å². The van der Waals surface area contributed by atoms with Crippen LogP contribution in [0.5, 0.6) is 0 Å². The van der Waals surface area contributed by atoms with Gasteiger partial charge < -0.3 is 15.5 Å². The monoisotopic (exact) mass is 524 g/mol. The lowest BCUT2D eigenvalue weighted by atomic mass is 10.1. The molecule has 0 aliphatic heterocycles. The van der Waals surface area contributed by atoms with E-state index in [-0.39, 0.29) is 29.4 Å². The Morgan fingerprint density at radius 3 is 2.38 bits per heavy atom. The molecule has 8 nitrogen and oxygen atoms in total. The highest BCUT2D eigenvalue weighted by Crippen LogP contribution is 2.35. The maximum absolute atomic E-state index is 13.5. The van der Waals surface area contributed by atoms with Gasteiger partial charge >= 0.3 is 12.4 Å². The van der Waals surface area contributed by atoms with Crippen molar-refractivity contribution >= 4 is 5.91 Å². The number of hydrogen-bond acceptors (Lipinski definition) is 6. The van der Waals surface area contributed by atoms with E-state index in [0.29, 0.717) is 11.6 Å². The summed E-state index contributed by atoms with van der Waals surface area (Å²) in [7, 11) is 0. The number of carbonyl (C=O) groups is 1. The highest BCUT2D eigenvalue weighted by molar-refractivity contribution is 5.80. The third-order valence-electron chi connectivity index (χ3n) is 5.12. The molecule has 4 aromatic rings. The van der Waals surface area contributed by atoms with Gasteiger partial charge in [-0.1, -0.05) is 18.2 Å². The molecule has 1 amide bonds. The molecule has 0 saturated heterocycles. The van der Waals surface area contributed by atoms with Crippen molar-refractivity contribution in [2.75, 3.05) is 0 Å². The number of alkyl halides is 6. The largest absolute Gasteiger partial charge is 0.435 e. The second-order valence-electron chi connectivity index (χ2n) is 7.99. The SMILES string of the molecule is C[C@H](N)C(=O)NCc1cccc(-n2nc(C(F)(F)F)cc2-c2nnc(-c3cccc(C(F)(F)F)c3)o2)c1. The Morgan fingerprint density at radius 1 is 1.00 bits per heavy atom. The molecule has 2 heterocycles. The first-order valence-electron chi connectivity index (χ1n) is 10.6. The highest BCUT2D eigenvalue weighted by atomic mass is 19.4. The van der Waals surface area contributed by atoms with Crippen LogP contribution >= 0.6 is 0 Å². The number of benzene rings is 2. The number of nitrogens with zero attached hydrogens (tertiary/aromatic N) is 4. The normalized spacial score (nSPS) is 13.0. The van der Waals surface area contributed by atoms with Crippen molar-refractivity contribution in [3.8, 4) is 28.7 Å². The van der Waals surface area contributed by atoms with Crippen molar-refractivity contribution in [2.24, 2.45) is 5.73 Å². The van der Waals surface area contributed by atoms with Crippen LogP contribution in [0.3, 0.4) is 0 Å². The number of nitrogens with one attached hydrogen (secondary N) is 1. The van der Waals surface area contributed by atoms with Gasteiger partial charge in [0.05, 0.1) is 17.3 Å². The molecule has 0 bridgehead atoms. The number of amides is 1. The van der Waals surface area contributed by atoms with E-state index in [0.717, 1.165) is 22.9 Å². The molecule has 0 aliphatic rings. The average molecular weight is 524 g/mol. The van der Waals surface area contributed by atoms with Gasteiger partial charge in [0.15, 0.2) is 5.69 Å². The van der Waals surface area contributed by atoms with Crippen LogP contribution in [-0.2, 0) is 23.7 Å². The summed E-state index contributed by atoms with van der Waals surface area (Å²) in [5.74, 6) is -1.14. The number of aromatic nitrogens is 4. The van der Waals surface area contributed by atoms with Gasteiger partial charge in [-0.3, -0.25) is 4.79 Å². The van der Waals surface area contributed by atoms with E-state index in [1.807, 2.05) is 0 Å². The van der Waals surface area contributed by atoms with Gasteiger partial charge in [-0.2, -0.15) is 31.4 Å². The van der Waals surface area contributed by atoms with Crippen LogP contribution in [0.2, 0.25) is 0 Å². The fourth-order valence-electron chi connectivity index (χ4n) is 3.29. The van der Waals surface area contributed by atoms with Gasteiger partial charge in [-0.25, -0.2) is 4.68 Å². The topological polar surface area (TPSA) is 112 Å². The first-order valence-corrected chi connectivity index (χ1v) is 10.6. The molecule has 2 aromatic carbocycles. The predicted octanol–water partition coefficient (Wildman–Crippen LogP) is 4.59. The van der Waals surface area contributed by atoms with E-state index < -0.39 is 41.4 Å². The van der Waals surface area contributed by atoms with E-state index >= 15 is 0 Å². The van der Waals surface area contributed by atoms with Crippen LogP contribution in [0.4, 0.5) is 26.3 Å². The number of nitrogens with two attached hydrogens (primary N) is 1. The van der Waals surface area contributed by atoms with E-state index in [9.17, 15) is 31.1 Å². The molecule has 14 heteroatoms. The molecule has 3 N–H and O–H groups in total. The summed E-state index contributed by atoms with van der Waals surface area (Å²) in [5.41, 5.74) is 3.71. The molecule has 0 spiro atoms. The molecule has 194 valence electrons. The quantitative estimate of drug-likeness (QED) is 0.357. The summed E-state index contributed by atoms with van der Waals surface area (Å²) in [6.07, 6.45) is -9.43. The smallest absolute Gasteiger partial charge is 0.415 e. The third-order valence-corrected chi connectivity index (χ3v) is 5.12. The lowest BCUT2D eigenvalue weighted by Gasteiger charge is -2.10. The number of hydrogen-bond donors (Lipinski definition) is 2. The van der Waals surface area contributed by atoms with E-state index in [4.69, 9.17) is 10.2 Å². The number of halogens is 6. The Bertz CT molecular complexity index is 1420. The van der Waals surface area contributed by atoms with Crippen LogP contribution in [0, 0.1) is 0 Å². The zero-order valence-corrected chi connectivity index (χ0v) is 18.9. The second-order valence-corrected chi connectivity index (χ2v) is 7.99. The Kier molecular flexibility index (Phi) is 6.78. The molecule has 0 unspecified atom stereocenters. The predicted molar refractivity (Wildman–Crippen MR) is 118 cm³/mol. The molecule has 1 atom stereocenters. The second kappa shape index (κ2) is 9.69. The molecule has 2 aromatic heterocycles. The molecular weight excluding hydrogens is 506 g/mol. The molecule has 0 saturated carbocycles. The minimum Gasteiger partial charge on any atom is -0.415 e. The fraction of sp³-hybridized carbons (Fsp3) is 0.217. The van der Waals surface area contributed by atoms with E-state index in [1.54, 1.807) is 12.1 Å². The number of rotatable bonds is 6. The first kappa shape index (κ1) is 25.9. The minimum atomic E-state index is -4.81.